The smallest absolute Gasteiger partial charge is 0.444 e. The van der Waals surface area contributed by atoms with Gasteiger partial charge in [0.2, 0.25) is 11.9 Å². The number of carbonyl (C=O) groups excluding carboxylic acids is 2. The first-order valence-corrected chi connectivity index (χ1v) is 11.8. The number of hydrogen-bond acceptors (Lipinski definition) is 8. The first-order valence-electron chi connectivity index (χ1n) is 11.8. The summed E-state index contributed by atoms with van der Waals surface area (Å²) in [6.45, 7) is 16.2. The van der Waals surface area contributed by atoms with Crippen molar-refractivity contribution in [1.82, 2.24) is 20.2 Å². The Morgan fingerprint density at radius 3 is 2.29 bits per heavy atom. The maximum absolute atomic E-state index is 12.8. The van der Waals surface area contributed by atoms with Crippen LogP contribution in [0, 0.1) is 0 Å². The molecule has 0 spiro atoms. The normalized spacial score (nSPS) is 22.4. The Morgan fingerprint density at radius 1 is 1.21 bits per heavy atom. The zero-order valence-electron chi connectivity index (χ0n) is 21.8. The van der Waals surface area contributed by atoms with Gasteiger partial charge in [-0.15, -0.1) is 0 Å². The number of nitrogens with zero attached hydrogens (tertiary/aromatic N) is 4. The molecule has 2 fully saturated rings. The third-order valence-electron chi connectivity index (χ3n) is 6.63. The monoisotopic (exact) mass is 475 g/mol. The van der Waals surface area contributed by atoms with Crippen LogP contribution in [0.5, 0.6) is 0 Å². The van der Waals surface area contributed by atoms with Crippen LogP contribution in [0.2, 0.25) is 0 Å². The summed E-state index contributed by atoms with van der Waals surface area (Å²) in [5.74, 6) is 0.429. The highest BCUT2D eigenvalue weighted by Crippen LogP contribution is 2.36. The summed E-state index contributed by atoms with van der Waals surface area (Å²) in [5, 5.41) is 2.62. The maximum Gasteiger partial charge on any atom is 0.498 e. The van der Waals surface area contributed by atoms with E-state index in [0.29, 0.717) is 19.0 Å². The number of aromatic nitrogens is 2. The quantitative estimate of drug-likeness (QED) is 0.642. The number of alkyl carbamates (subject to hydrolysis) is 1. The van der Waals surface area contributed by atoms with Crippen LogP contribution in [0.15, 0.2) is 12.4 Å². The Balaban J connectivity index is 1.56. The largest absolute Gasteiger partial charge is 0.498 e. The van der Waals surface area contributed by atoms with E-state index in [1.54, 1.807) is 45.0 Å². The minimum atomic E-state index is -0.672. The van der Waals surface area contributed by atoms with Crippen molar-refractivity contribution in [3.05, 3.63) is 12.4 Å². The van der Waals surface area contributed by atoms with Crippen molar-refractivity contribution >= 4 is 30.5 Å². The van der Waals surface area contributed by atoms with Crippen LogP contribution in [0.3, 0.4) is 0 Å². The average molecular weight is 475 g/mol. The molecule has 2 aliphatic heterocycles. The number of ether oxygens (including phenoxy) is 1. The van der Waals surface area contributed by atoms with Crippen molar-refractivity contribution in [1.29, 1.82) is 0 Å². The van der Waals surface area contributed by atoms with E-state index in [2.05, 4.69) is 15.3 Å². The maximum atomic E-state index is 12.8. The number of carbonyl (C=O) groups is 2. The molecule has 0 unspecified atom stereocenters. The van der Waals surface area contributed by atoms with E-state index >= 15 is 0 Å². The lowest BCUT2D eigenvalue weighted by Crippen LogP contribution is -2.48. The van der Waals surface area contributed by atoms with Crippen LogP contribution in [-0.4, -0.2) is 83.0 Å². The van der Waals surface area contributed by atoms with E-state index < -0.39 is 36.1 Å². The predicted molar refractivity (Wildman–Crippen MR) is 130 cm³/mol. The molecular weight excluding hydrogens is 437 g/mol. The highest BCUT2D eigenvalue weighted by molar-refractivity contribution is 6.61. The van der Waals surface area contributed by atoms with Crippen molar-refractivity contribution in [2.24, 2.45) is 0 Å². The lowest BCUT2D eigenvalue weighted by atomic mass is 9.81. The number of nitrogens with one attached hydrogen (secondary N) is 1. The Bertz CT molecular complexity index is 886. The molecule has 0 radical (unpaired) electrons. The molecule has 2 aliphatic rings. The van der Waals surface area contributed by atoms with Gasteiger partial charge in [-0.3, -0.25) is 4.79 Å². The van der Waals surface area contributed by atoms with Crippen molar-refractivity contribution in [2.75, 3.05) is 25.0 Å². The molecule has 1 aromatic rings. The number of anilines is 1. The molecule has 0 aromatic carbocycles. The van der Waals surface area contributed by atoms with Gasteiger partial charge in [0.05, 0.1) is 17.2 Å². The highest BCUT2D eigenvalue weighted by atomic mass is 16.7. The molecule has 2 amide bonds. The molecule has 1 aromatic heterocycles. The van der Waals surface area contributed by atoms with Gasteiger partial charge in [0.25, 0.3) is 0 Å². The summed E-state index contributed by atoms with van der Waals surface area (Å²) < 4.78 is 17.4. The van der Waals surface area contributed by atoms with E-state index in [-0.39, 0.29) is 11.9 Å². The fourth-order valence-corrected chi connectivity index (χ4v) is 3.86. The van der Waals surface area contributed by atoms with Crippen molar-refractivity contribution in [3.8, 4) is 0 Å². The zero-order valence-corrected chi connectivity index (χ0v) is 21.8. The molecule has 0 aliphatic carbocycles. The molecule has 3 heterocycles. The second kappa shape index (κ2) is 9.33. The zero-order chi connectivity index (χ0) is 25.5. The van der Waals surface area contributed by atoms with Crippen LogP contribution in [0.4, 0.5) is 10.7 Å². The predicted octanol–water partition coefficient (Wildman–Crippen LogP) is 1.73. The standard InChI is InChI=1S/C23H38BN5O5/c1-15(27-20(31)32-21(2,3)4)18(30)29-11-10-17(14-29)28(9)19-25-12-16(13-26-19)24-33-22(5,6)23(7,8)34-24/h12-13,15,17H,10-11,14H2,1-9H3,(H,27,31)/t15-,17-/m0/s1. The summed E-state index contributed by atoms with van der Waals surface area (Å²) in [5.41, 5.74) is -0.710. The lowest BCUT2D eigenvalue weighted by Gasteiger charge is -2.32. The number of likely N-dealkylation sites (tertiary alicyclic amines) is 1. The van der Waals surface area contributed by atoms with Gasteiger partial charge in [0, 0.05) is 38.0 Å². The Hall–Kier alpha value is -2.40. The summed E-state index contributed by atoms with van der Waals surface area (Å²) in [6, 6.07) is -0.602. The Labute approximate surface area is 202 Å². The Morgan fingerprint density at radius 2 is 1.76 bits per heavy atom. The number of rotatable bonds is 5. The van der Waals surface area contributed by atoms with E-state index in [1.165, 1.54) is 0 Å². The van der Waals surface area contributed by atoms with Gasteiger partial charge in [0.15, 0.2) is 0 Å². The lowest BCUT2D eigenvalue weighted by molar-refractivity contribution is -0.132. The van der Waals surface area contributed by atoms with Gasteiger partial charge in [-0.05, 0) is 61.8 Å². The third kappa shape index (κ3) is 5.80. The molecule has 1 N–H and O–H groups in total. The molecule has 10 nitrogen and oxygen atoms in total. The summed E-state index contributed by atoms with van der Waals surface area (Å²) in [7, 11) is 1.41. The molecule has 0 saturated carbocycles. The molecule has 2 atom stereocenters. The summed E-state index contributed by atoms with van der Waals surface area (Å²) in [6.07, 6.45) is 3.64. The van der Waals surface area contributed by atoms with Crippen molar-refractivity contribution in [2.45, 2.75) is 90.7 Å². The first-order chi connectivity index (χ1) is 15.6. The van der Waals surface area contributed by atoms with Gasteiger partial charge < -0.3 is 29.2 Å². The molecule has 2 saturated heterocycles. The van der Waals surface area contributed by atoms with Crippen LogP contribution < -0.4 is 15.7 Å². The second-order valence-electron chi connectivity index (χ2n) is 11.1. The number of hydrogen-bond donors (Lipinski definition) is 1. The minimum Gasteiger partial charge on any atom is -0.444 e. The van der Waals surface area contributed by atoms with Crippen molar-refractivity contribution in [3.63, 3.8) is 0 Å². The molecule has 3 rings (SSSR count). The van der Waals surface area contributed by atoms with E-state index in [4.69, 9.17) is 14.0 Å². The third-order valence-corrected chi connectivity index (χ3v) is 6.63. The first kappa shape index (κ1) is 26.2. The van der Waals surface area contributed by atoms with Crippen LogP contribution in [-0.2, 0) is 18.8 Å². The topological polar surface area (TPSA) is 106 Å². The molecular formula is C23H38BN5O5. The van der Waals surface area contributed by atoms with Gasteiger partial charge in [-0.1, -0.05) is 0 Å². The summed E-state index contributed by atoms with van der Waals surface area (Å²) >= 11 is 0. The fourth-order valence-electron chi connectivity index (χ4n) is 3.86. The van der Waals surface area contributed by atoms with Gasteiger partial charge in [-0.2, -0.15) is 0 Å². The van der Waals surface area contributed by atoms with E-state index in [0.717, 1.165) is 11.9 Å². The average Bonchev–Trinajstić information content (AvgIpc) is 3.28. The number of likely N-dealkylation sites (N-methyl/N-ethyl adjacent to an activating group) is 1. The summed E-state index contributed by atoms with van der Waals surface area (Å²) in [4.78, 5) is 37.6. The molecule has 188 valence electrons. The van der Waals surface area contributed by atoms with Crippen LogP contribution >= 0.6 is 0 Å². The van der Waals surface area contributed by atoms with Crippen LogP contribution in [0.1, 0.15) is 61.8 Å². The second-order valence-corrected chi connectivity index (χ2v) is 11.1. The molecule has 0 bridgehead atoms. The van der Waals surface area contributed by atoms with Gasteiger partial charge in [0.1, 0.15) is 11.6 Å². The molecule has 11 heteroatoms. The Kier molecular flexibility index (Phi) is 7.20. The highest BCUT2D eigenvalue weighted by Gasteiger charge is 2.52. The molecule has 34 heavy (non-hydrogen) atoms. The van der Waals surface area contributed by atoms with E-state index in [1.807, 2.05) is 39.6 Å². The SMILES string of the molecule is C[C@H](NC(=O)OC(C)(C)C)C(=O)N1CC[C@H](N(C)c2ncc(B3OC(C)(C)C(C)(C)O3)cn2)C1. The van der Waals surface area contributed by atoms with Gasteiger partial charge >= 0.3 is 13.2 Å². The van der Waals surface area contributed by atoms with Crippen molar-refractivity contribution < 1.29 is 23.6 Å². The van der Waals surface area contributed by atoms with E-state index in [9.17, 15) is 9.59 Å². The minimum absolute atomic E-state index is 0.0698. The van der Waals surface area contributed by atoms with Gasteiger partial charge in [-0.25, -0.2) is 14.8 Å². The van der Waals surface area contributed by atoms with Crippen LogP contribution in [0.25, 0.3) is 0 Å². The number of amides is 2. The fraction of sp³-hybridized carbons (Fsp3) is 0.739.